The van der Waals surface area contributed by atoms with Crippen LogP contribution in [0.15, 0.2) is 23.4 Å². The predicted molar refractivity (Wildman–Crippen MR) is 62.4 cm³/mol. The van der Waals surface area contributed by atoms with Crippen molar-refractivity contribution in [3.63, 3.8) is 0 Å². The number of carboxylic acids is 1. The number of nitrogens with zero attached hydrogens (tertiary/aromatic N) is 2. The summed E-state index contributed by atoms with van der Waals surface area (Å²) in [6, 6.07) is 5.60. The number of hydrogen-bond acceptors (Lipinski definition) is 5. The molecule has 0 unspecified atom stereocenters. The minimum Gasteiger partial charge on any atom is -0.475 e. The fraction of sp³-hybridized carbons (Fsp3) is 0.300. The second-order valence-corrected chi connectivity index (χ2v) is 4.05. The Morgan fingerprint density at radius 2 is 2.11 bits per heavy atom. The topological polar surface area (TPSA) is 100 Å². The summed E-state index contributed by atoms with van der Waals surface area (Å²) < 4.78 is 31.7. The van der Waals surface area contributed by atoms with E-state index in [1.807, 2.05) is 12.1 Å². The van der Waals surface area contributed by atoms with Crippen LogP contribution in [0.2, 0.25) is 0 Å². The number of carboxylic acid groups (broad SMARTS) is 1. The summed E-state index contributed by atoms with van der Waals surface area (Å²) in [6.45, 7) is 0.645. The van der Waals surface area contributed by atoms with E-state index in [1.54, 1.807) is 24.0 Å². The van der Waals surface area contributed by atoms with Gasteiger partial charge in [0.05, 0.1) is 10.6 Å². The molecule has 0 radical (unpaired) electrons. The number of nitrogens with two attached hydrogens (primary N) is 1. The first-order chi connectivity index (χ1) is 8.81. The molecule has 0 bridgehead atoms. The number of aliphatic carboxylic acids is 1. The Kier molecular flexibility index (Phi) is 7.55. The number of thioether (sulfide) groups is 1. The molecule has 0 aromatic carbocycles. The number of alkyl halides is 3. The first-order valence-corrected chi connectivity index (χ1v) is 5.79. The van der Waals surface area contributed by atoms with Crippen molar-refractivity contribution in [1.82, 2.24) is 4.98 Å². The molecule has 0 fully saturated rings. The van der Waals surface area contributed by atoms with Crippen molar-refractivity contribution in [1.29, 1.82) is 5.26 Å². The molecule has 1 aromatic rings. The van der Waals surface area contributed by atoms with Gasteiger partial charge >= 0.3 is 12.1 Å². The van der Waals surface area contributed by atoms with Gasteiger partial charge in [0.2, 0.25) is 0 Å². The highest BCUT2D eigenvalue weighted by atomic mass is 32.2. The summed E-state index contributed by atoms with van der Waals surface area (Å²) in [7, 11) is 0. The minimum absolute atomic E-state index is 0.590. The molecule has 1 heterocycles. The maximum atomic E-state index is 10.6. The van der Waals surface area contributed by atoms with E-state index in [4.69, 9.17) is 20.9 Å². The van der Waals surface area contributed by atoms with Gasteiger partial charge in [0.25, 0.3) is 0 Å². The van der Waals surface area contributed by atoms with E-state index >= 15 is 0 Å². The molecule has 9 heteroatoms. The van der Waals surface area contributed by atoms with Crippen LogP contribution in [0.3, 0.4) is 0 Å². The van der Waals surface area contributed by atoms with E-state index < -0.39 is 12.1 Å². The van der Waals surface area contributed by atoms with Crippen molar-refractivity contribution in [2.75, 3.05) is 12.3 Å². The lowest BCUT2D eigenvalue weighted by Crippen LogP contribution is -2.21. The number of halogens is 3. The van der Waals surface area contributed by atoms with Crippen LogP contribution in [0, 0.1) is 11.3 Å². The zero-order chi connectivity index (χ0) is 14.9. The van der Waals surface area contributed by atoms with Gasteiger partial charge in [-0.15, -0.1) is 11.8 Å². The molecule has 1 rings (SSSR count). The lowest BCUT2D eigenvalue weighted by Gasteiger charge is -1.96. The van der Waals surface area contributed by atoms with Gasteiger partial charge in [-0.05, 0) is 12.1 Å². The van der Waals surface area contributed by atoms with Gasteiger partial charge in [0.1, 0.15) is 6.07 Å². The SMILES string of the molecule is N#Cc1ccc(SCCN)nc1.O=C(O)C(F)(F)F. The normalized spacial score (nSPS) is 10.1. The lowest BCUT2D eigenvalue weighted by molar-refractivity contribution is -0.192. The molecule has 0 aliphatic rings. The average molecular weight is 293 g/mol. The molecule has 0 spiro atoms. The first kappa shape index (κ1) is 17.2. The smallest absolute Gasteiger partial charge is 0.475 e. The third-order valence-electron chi connectivity index (χ3n) is 1.48. The number of nitriles is 1. The fourth-order valence-electron chi connectivity index (χ4n) is 0.695. The second-order valence-electron chi connectivity index (χ2n) is 2.94. The average Bonchev–Trinajstić information content (AvgIpc) is 2.36. The summed E-state index contributed by atoms with van der Waals surface area (Å²) in [6.07, 6.45) is -3.52. The standard InChI is InChI=1S/C8H9N3S.C2HF3O2/c9-3-4-12-8-2-1-7(5-10)6-11-8;3-2(4,5)1(6)7/h1-2,6H,3-4,9H2;(H,6,7). The Morgan fingerprint density at radius 1 is 1.53 bits per heavy atom. The first-order valence-electron chi connectivity index (χ1n) is 4.80. The highest BCUT2D eigenvalue weighted by Gasteiger charge is 2.38. The zero-order valence-electron chi connectivity index (χ0n) is 9.52. The Labute approximate surface area is 111 Å². The molecule has 1 aromatic heterocycles. The van der Waals surface area contributed by atoms with Crippen molar-refractivity contribution in [2.45, 2.75) is 11.2 Å². The third kappa shape index (κ3) is 8.01. The van der Waals surface area contributed by atoms with Gasteiger partial charge in [-0.2, -0.15) is 18.4 Å². The predicted octanol–water partition coefficient (Wildman–Crippen LogP) is 1.64. The van der Waals surface area contributed by atoms with E-state index in [9.17, 15) is 13.2 Å². The van der Waals surface area contributed by atoms with Crippen molar-refractivity contribution in [3.8, 4) is 6.07 Å². The highest BCUT2D eigenvalue weighted by molar-refractivity contribution is 7.99. The number of aromatic nitrogens is 1. The molecule has 0 aliphatic carbocycles. The van der Waals surface area contributed by atoms with Gasteiger partial charge in [-0.1, -0.05) is 0 Å². The van der Waals surface area contributed by atoms with Crippen LogP contribution in [0.25, 0.3) is 0 Å². The molecule has 0 aliphatic heterocycles. The molecule has 19 heavy (non-hydrogen) atoms. The molecule has 0 saturated carbocycles. The molecule has 104 valence electrons. The summed E-state index contributed by atoms with van der Waals surface area (Å²) >= 11 is 1.59. The molecule has 0 atom stereocenters. The fourth-order valence-corrected chi connectivity index (χ4v) is 1.31. The Morgan fingerprint density at radius 3 is 2.42 bits per heavy atom. The Balaban J connectivity index is 0.000000399. The molecular weight excluding hydrogens is 283 g/mol. The van der Waals surface area contributed by atoms with Gasteiger partial charge in [0, 0.05) is 18.5 Å². The maximum Gasteiger partial charge on any atom is 0.490 e. The van der Waals surface area contributed by atoms with Gasteiger partial charge in [-0.25, -0.2) is 9.78 Å². The maximum absolute atomic E-state index is 10.6. The summed E-state index contributed by atoms with van der Waals surface area (Å²) in [5.74, 6) is -1.90. The van der Waals surface area contributed by atoms with Crippen LogP contribution in [0.5, 0.6) is 0 Å². The number of rotatable bonds is 3. The summed E-state index contributed by atoms with van der Waals surface area (Å²) in [4.78, 5) is 13.0. The number of pyridine rings is 1. The largest absolute Gasteiger partial charge is 0.490 e. The summed E-state index contributed by atoms with van der Waals surface area (Å²) in [5.41, 5.74) is 5.92. The lowest BCUT2D eigenvalue weighted by atomic mass is 10.3. The van der Waals surface area contributed by atoms with Crippen LogP contribution in [0.1, 0.15) is 5.56 Å². The van der Waals surface area contributed by atoms with Crippen LogP contribution in [-0.2, 0) is 4.79 Å². The minimum atomic E-state index is -5.08. The third-order valence-corrected chi connectivity index (χ3v) is 2.45. The quantitative estimate of drug-likeness (QED) is 0.822. The number of hydrogen-bond donors (Lipinski definition) is 2. The molecule has 3 N–H and O–H groups in total. The monoisotopic (exact) mass is 293 g/mol. The molecule has 0 saturated heterocycles. The van der Waals surface area contributed by atoms with Crippen molar-refractivity contribution in [3.05, 3.63) is 23.9 Å². The Bertz CT molecular complexity index is 443. The number of carbonyl (C=O) groups is 1. The van der Waals surface area contributed by atoms with E-state index in [0.29, 0.717) is 12.1 Å². The highest BCUT2D eigenvalue weighted by Crippen LogP contribution is 2.14. The van der Waals surface area contributed by atoms with Crippen LogP contribution in [0.4, 0.5) is 13.2 Å². The van der Waals surface area contributed by atoms with Crippen LogP contribution in [-0.4, -0.2) is 34.5 Å². The van der Waals surface area contributed by atoms with Crippen molar-refractivity contribution in [2.24, 2.45) is 5.73 Å². The van der Waals surface area contributed by atoms with Crippen molar-refractivity contribution < 1.29 is 23.1 Å². The van der Waals surface area contributed by atoms with Crippen LogP contribution >= 0.6 is 11.8 Å². The van der Waals surface area contributed by atoms with E-state index in [2.05, 4.69) is 4.98 Å². The van der Waals surface area contributed by atoms with Crippen molar-refractivity contribution >= 4 is 17.7 Å². The van der Waals surface area contributed by atoms with Gasteiger partial charge < -0.3 is 10.8 Å². The van der Waals surface area contributed by atoms with E-state index in [0.717, 1.165) is 10.8 Å². The molecular formula is C10H10F3N3O2S. The molecule has 0 amide bonds. The second kappa shape index (κ2) is 8.34. The van der Waals surface area contributed by atoms with E-state index in [-0.39, 0.29) is 0 Å². The zero-order valence-corrected chi connectivity index (χ0v) is 10.3. The Hall–Kier alpha value is -1.79. The molecule has 5 nitrogen and oxygen atoms in total. The van der Waals surface area contributed by atoms with Crippen LogP contribution < -0.4 is 5.73 Å². The van der Waals surface area contributed by atoms with Gasteiger partial charge in [-0.3, -0.25) is 0 Å². The summed E-state index contributed by atoms with van der Waals surface area (Å²) in [5, 5.41) is 16.5. The van der Waals surface area contributed by atoms with E-state index in [1.165, 1.54) is 0 Å². The van der Waals surface area contributed by atoms with Gasteiger partial charge in [0.15, 0.2) is 0 Å².